The lowest BCUT2D eigenvalue weighted by Crippen LogP contribution is -2.33. The normalized spacial score (nSPS) is 13.7. The van der Waals surface area contributed by atoms with Gasteiger partial charge < -0.3 is 14.8 Å². The lowest BCUT2D eigenvalue weighted by Gasteiger charge is -2.19. The number of benzene rings is 2. The van der Waals surface area contributed by atoms with Gasteiger partial charge >= 0.3 is 5.97 Å². The molecule has 4 rings (SSSR count). The number of non-ortho nitro benzene ring substituents is 1. The lowest BCUT2D eigenvalue weighted by molar-refractivity contribution is -0.384. The number of aryl methyl sites for hydroxylation is 1. The van der Waals surface area contributed by atoms with Gasteiger partial charge in [0.05, 0.1) is 29.5 Å². The fourth-order valence-electron chi connectivity index (χ4n) is 3.70. The van der Waals surface area contributed by atoms with Crippen LogP contribution in [0.15, 0.2) is 54.7 Å². The fourth-order valence-corrected chi connectivity index (χ4v) is 3.70. The highest BCUT2D eigenvalue weighted by Crippen LogP contribution is 2.41. The number of esters is 1. The molecule has 1 N–H and O–H groups in total. The second-order valence-corrected chi connectivity index (χ2v) is 8.36. The minimum absolute atomic E-state index is 0.0709. The fraction of sp³-hybridized carbons (Fsp3) is 0.320. The SMILES string of the molecule is CCOC(=O)c1nn(-c2ccc([N+](=O)[O-])cc2)cc1OCC(=O)NC(c1ccc(C)cc1)C1CC1. The summed E-state index contributed by atoms with van der Waals surface area (Å²) in [6, 6.07) is 13.6. The molecular weight excluding hydrogens is 452 g/mol. The predicted octanol–water partition coefficient (Wildman–Crippen LogP) is 3.91. The number of ether oxygens (including phenoxy) is 2. The predicted molar refractivity (Wildman–Crippen MR) is 126 cm³/mol. The van der Waals surface area contributed by atoms with Gasteiger partial charge in [0.1, 0.15) is 0 Å². The van der Waals surface area contributed by atoms with Gasteiger partial charge in [-0.15, -0.1) is 0 Å². The number of hydrogen-bond donors (Lipinski definition) is 1. The molecule has 1 amide bonds. The molecule has 10 heteroatoms. The van der Waals surface area contributed by atoms with Crippen LogP contribution in [0.25, 0.3) is 5.69 Å². The van der Waals surface area contributed by atoms with Gasteiger partial charge in [-0.25, -0.2) is 9.48 Å². The first-order valence-corrected chi connectivity index (χ1v) is 11.4. The van der Waals surface area contributed by atoms with E-state index in [9.17, 15) is 19.7 Å². The molecule has 1 atom stereocenters. The monoisotopic (exact) mass is 478 g/mol. The van der Waals surface area contributed by atoms with Crippen molar-refractivity contribution in [1.29, 1.82) is 0 Å². The Morgan fingerprint density at radius 2 is 1.86 bits per heavy atom. The van der Waals surface area contributed by atoms with Crippen LogP contribution < -0.4 is 10.1 Å². The summed E-state index contributed by atoms with van der Waals surface area (Å²) in [4.78, 5) is 35.6. The van der Waals surface area contributed by atoms with Gasteiger partial charge in [0, 0.05) is 12.1 Å². The standard InChI is InChI=1S/C25H26N4O6/c1-3-34-25(31)24-21(14-28(27-24)19-10-12-20(13-11-19)29(32)33)35-15-22(30)26-23(18-8-9-18)17-6-4-16(2)5-7-17/h4-7,10-14,18,23H,3,8-9,15H2,1-2H3,(H,26,30). The molecule has 0 radical (unpaired) electrons. The van der Waals surface area contributed by atoms with Gasteiger partial charge in [0.15, 0.2) is 12.4 Å². The van der Waals surface area contributed by atoms with E-state index in [1.165, 1.54) is 35.1 Å². The van der Waals surface area contributed by atoms with Crippen LogP contribution in [0.2, 0.25) is 0 Å². The largest absolute Gasteiger partial charge is 0.480 e. The molecule has 0 spiro atoms. The summed E-state index contributed by atoms with van der Waals surface area (Å²) in [5, 5.41) is 18.2. The Balaban J connectivity index is 1.49. The molecule has 0 aliphatic heterocycles. The molecule has 10 nitrogen and oxygen atoms in total. The molecule has 0 saturated heterocycles. The highest BCUT2D eigenvalue weighted by molar-refractivity contribution is 5.90. The Labute approximate surface area is 202 Å². The molecule has 1 heterocycles. The minimum Gasteiger partial charge on any atom is -0.480 e. The van der Waals surface area contributed by atoms with E-state index in [-0.39, 0.29) is 42.3 Å². The maximum absolute atomic E-state index is 12.7. The molecular formula is C25H26N4O6. The van der Waals surface area contributed by atoms with E-state index in [2.05, 4.69) is 10.4 Å². The molecule has 1 saturated carbocycles. The van der Waals surface area contributed by atoms with Crippen molar-refractivity contribution < 1.29 is 24.0 Å². The number of rotatable bonds is 10. The van der Waals surface area contributed by atoms with Gasteiger partial charge in [-0.2, -0.15) is 5.10 Å². The molecule has 1 fully saturated rings. The summed E-state index contributed by atoms with van der Waals surface area (Å²) in [6.45, 7) is 3.51. The molecule has 1 aromatic heterocycles. The van der Waals surface area contributed by atoms with E-state index in [4.69, 9.17) is 9.47 Å². The average Bonchev–Trinajstić information content (AvgIpc) is 3.60. The maximum atomic E-state index is 12.7. The average molecular weight is 479 g/mol. The van der Waals surface area contributed by atoms with Crippen molar-refractivity contribution in [3.8, 4) is 11.4 Å². The van der Waals surface area contributed by atoms with E-state index in [1.54, 1.807) is 6.92 Å². The summed E-state index contributed by atoms with van der Waals surface area (Å²) < 4.78 is 12.1. The number of carbonyl (C=O) groups excluding carboxylic acids is 2. The summed E-state index contributed by atoms with van der Waals surface area (Å²) in [5.74, 6) is -0.545. The van der Waals surface area contributed by atoms with Crippen molar-refractivity contribution in [2.75, 3.05) is 13.2 Å². The van der Waals surface area contributed by atoms with Gasteiger partial charge in [-0.1, -0.05) is 29.8 Å². The third kappa shape index (κ3) is 5.84. The van der Waals surface area contributed by atoms with Crippen molar-refractivity contribution >= 4 is 17.6 Å². The Kier molecular flexibility index (Phi) is 7.09. The summed E-state index contributed by atoms with van der Waals surface area (Å²) in [7, 11) is 0. The number of nitrogens with zero attached hydrogens (tertiary/aromatic N) is 3. The molecule has 1 aliphatic carbocycles. The number of hydrogen-bond acceptors (Lipinski definition) is 7. The maximum Gasteiger partial charge on any atom is 0.362 e. The molecule has 1 unspecified atom stereocenters. The van der Waals surface area contributed by atoms with Crippen molar-refractivity contribution in [3.63, 3.8) is 0 Å². The first kappa shape index (κ1) is 23.9. The van der Waals surface area contributed by atoms with Gasteiger partial charge in [-0.3, -0.25) is 14.9 Å². The summed E-state index contributed by atoms with van der Waals surface area (Å²) in [5.41, 5.74) is 2.52. The van der Waals surface area contributed by atoms with Crippen LogP contribution in [-0.4, -0.2) is 39.8 Å². The zero-order valence-corrected chi connectivity index (χ0v) is 19.5. The molecule has 2 aromatic carbocycles. The molecule has 182 valence electrons. The van der Waals surface area contributed by atoms with Crippen molar-refractivity contribution in [2.24, 2.45) is 5.92 Å². The van der Waals surface area contributed by atoms with Crippen LogP contribution in [0, 0.1) is 23.0 Å². The lowest BCUT2D eigenvalue weighted by atomic mass is 10.0. The minimum atomic E-state index is -0.695. The first-order valence-electron chi connectivity index (χ1n) is 11.4. The van der Waals surface area contributed by atoms with Gasteiger partial charge in [0.2, 0.25) is 5.69 Å². The topological polar surface area (TPSA) is 126 Å². The van der Waals surface area contributed by atoms with Crippen molar-refractivity contribution in [2.45, 2.75) is 32.7 Å². The van der Waals surface area contributed by atoms with Crippen LogP contribution in [0.3, 0.4) is 0 Å². The van der Waals surface area contributed by atoms with E-state index >= 15 is 0 Å². The molecule has 0 bridgehead atoms. The van der Waals surface area contributed by atoms with E-state index in [0.717, 1.165) is 24.0 Å². The van der Waals surface area contributed by atoms with E-state index in [0.29, 0.717) is 11.6 Å². The van der Waals surface area contributed by atoms with Crippen molar-refractivity contribution in [1.82, 2.24) is 15.1 Å². The van der Waals surface area contributed by atoms with E-state index in [1.807, 2.05) is 31.2 Å². The summed E-state index contributed by atoms with van der Waals surface area (Å²) >= 11 is 0. The highest BCUT2D eigenvalue weighted by atomic mass is 16.6. The Hall–Kier alpha value is -4.21. The quantitative estimate of drug-likeness (QED) is 0.266. The van der Waals surface area contributed by atoms with Gasteiger partial charge in [-0.05, 0) is 50.3 Å². The number of nitro groups is 1. The first-order chi connectivity index (χ1) is 16.9. The zero-order valence-electron chi connectivity index (χ0n) is 19.5. The number of aromatic nitrogens is 2. The van der Waals surface area contributed by atoms with Crippen LogP contribution in [0.5, 0.6) is 5.75 Å². The summed E-state index contributed by atoms with van der Waals surface area (Å²) in [6.07, 6.45) is 3.54. The Morgan fingerprint density at radius 3 is 2.46 bits per heavy atom. The van der Waals surface area contributed by atoms with Crippen LogP contribution in [0.4, 0.5) is 5.69 Å². The van der Waals surface area contributed by atoms with Crippen LogP contribution >= 0.6 is 0 Å². The number of nitrogens with one attached hydrogen (secondary N) is 1. The van der Waals surface area contributed by atoms with Gasteiger partial charge in [0.25, 0.3) is 11.6 Å². The number of amides is 1. The molecule has 3 aromatic rings. The molecule has 35 heavy (non-hydrogen) atoms. The third-order valence-electron chi connectivity index (χ3n) is 5.68. The third-order valence-corrected chi connectivity index (χ3v) is 5.68. The second-order valence-electron chi connectivity index (χ2n) is 8.36. The smallest absolute Gasteiger partial charge is 0.362 e. The van der Waals surface area contributed by atoms with E-state index < -0.39 is 10.9 Å². The second kappa shape index (κ2) is 10.4. The van der Waals surface area contributed by atoms with Crippen LogP contribution in [-0.2, 0) is 9.53 Å². The highest BCUT2D eigenvalue weighted by Gasteiger charge is 2.33. The Bertz CT molecular complexity index is 1220. The number of nitro benzene ring substituents is 1. The van der Waals surface area contributed by atoms with Crippen LogP contribution in [0.1, 0.15) is 47.4 Å². The molecule has 1 aliphatic rings. The zero-order chi connectivity index (χ0) is 24.9. The Morgan fingerprint density at radius 1 is 1.17 bits per heavy atom. The van der Waals surface area contributed by atoms with Crippen molar-refractivity contribution in [3.05, 3.63) is 81.7 Å². The number of carbonyl (C=O) groups is 2.